The van der Waals surface area contributed by atoms with Gasteiger partial charge in [0.05, 0.1) is 7.11 Å². The minimum Gasteiger partial charge on any atom is -0.497 e. The van der Waals surface area contributed by atoms with Gasteiger partial charge >= 0.3 is 0 Å². The maximum Gasteiger partial charge on any atom is 0.119 e. The highest BCUT2D eigenvalue weighted by Gasteiger charge is 2.55. The first-order valence-electron chi connectivity index (χ1n) is 7.07. The summed E-state index contributed by atoms with van der Waals surface area (Å²) in [6.45, 7) is 0.766. The number of ether oxygens (including phenoxy) is 1. The van der Waals surface area contributed by atoms with Crippen molar-refractivity contribution in [1.82, 2.24) is 0 Å². The van der Waals surface area contributed by atoms with Crippen molar-refractivity contribution >= 4 is 0 Å². The summed E-state index contributed by atoms with van der Waals surface area (Å²) in [6, 6.07) is 8.49. The lowest BCUT2D eigenvalue weighted by Gasteiger charge is -2.55. The molecule has 1 spiro atoms. The first-order chi connectivity index (χ1) is 8.72. The van der Waals surface area contributed by atoms with Crippen LogP contribution in [0.15, 0.2) is 24.3 Å². The maximum absolute atomic E-state index is 6.10. The zero-order valence-electron chi connectivity index (χ0n) is 11.2. The van der Waals surface area contributed by atoms with Crippen molar-refractivity contribution in [2.45, 2.75) is 43.9 Å². The SMILES string of the molecule is COc1cccc(C2(CN)CC3(CCCC3)C2)c1. The highest BCUT2D eigenvalue weighted by atomic mass is 16.5. The predicted molar refractivity (Wildman–Crippen MR) is 73.9 cm³/mol. The summed E-state index contributed by atoms with van der Waals surface area (Å²) in [5.41, 5.74) is 8.33. The van der Waals surface area contributed by atoms with Crippen molar-refractivity contribution in [3.05, 3.63) is 29.8 Å². The molecule has 2 fully saturated rings. The van der Waals surface area contributed by atoms with Crippen LogP contribution < -0.4 is 10.5 Å². The molecule has 0 heterocycles. The van der Waals surface area contributed by atoms with Crippen LogP contribution in [0, 0.1) is 5.41 Å². The third kappa shape index (κ3) is 1.74. The fraction of sp³-hybridized carbons (Fsp3) is 0.625. The largest absolute Gasteiger partial charge is 0.497 e. The van der Waals surface area contributed by atoms with Crippen LogP contribution in [0.2, 0.25) is 0 Å². The molecule has 0 radical (unpaired) electrons. The van der Waals surface area contributed by atoms with E-state index in [4.69, 9.17) is 10.5 Å². The van der Waals surface area contributed by atoms with Crippen molar-refractivity contribution in [2.24, 2.45) is 11.1 Å². The normalized spacial score (nSPS) is 23.9. The smallest absolute Gasteiger partial charge is 0.119 e. The fourth-order valence-corrected chi connectivity index (χ4v) is 4.28. The van der Waals surface area contributed by atoms with E-state index in [9.17, 15) is 0 Å². The number of hydrogen-bond donors (Lipinski definition) is 1. The Hall–Kier alpha value is -1.02. The van der Waals surface area contributed by atoms with E-state index in [1.807, 2.05) is 6.07 Å². The lowest BCUT2D eigenvalue weighted by atomic mass is 9.49. The van der Waals surface area contributed by atoms with Crippen LogP contribution in [0.25, 0.3) is 0 Å². The molecule has 0 aliphatic heterocycles. The van der Waals surface area contributed by atoms with E-state index in [0.29, 0.717) is 5.41 Å². The summed E-state index contributed by atoms with van der Waals surface area (Å²) in [6.07, 6.45) is 8.22. The molecule has 2 nitrogen and oxygen atoms in total. The first kappa shape index (κ1) is 12.0. The third-order valence-corrected chi connectivity index (χ3v) is 5.16. The van der Waals surface area contributed by atoms with Crippen LogP contribution in [-0.4, -0.2) is 13.7 Å². The topological polar surface area (TPSA) is 35.2 Å². The molecule has 2 aliphatic carbocycles. The van der Waals surface area contributed by atoms with Gasteiger partial charge in [-0.1, -0.05) is 25.0 Å². The number of benzene rings is 1. The number of hydrogen-bond acceptors (Lipinski definition) is 2. The van der Waals surface area contributed by atoms with Crippen molar-refractivity contribution < 1.29 is 4.74 Å². The van der Waals surface area contributed by atoms with E-state index in [1.165, 1.54) is 44.1 Å². The summed E-state index contributed by atoms with van der Waals surface area (Å²) >= 11 is 0. The minimum absolute atomic E-state index is 0.221. The van der Waals surface area contributed by atoms with Gasteiger partial charge in [-0.3, -0.25) is 0 Å². The zero-order valence-corrected chi connectivity index (χ0v) is 11.2. The van der Waals surface area contributed by atoms with Gasteiger partial charge in [-0.15, -0.1) is 0 Å². The van der Waals surface area contributed by atoms with Crippen molar-refractivity contribution in [3.8, 4) is 5.75 Å². The summed E-state index contributed by atoms with van der Waals surface area (Å²) in [5.74, 6) is 0.952. The molecule has 1 aromatic rings. The fourth-order valence-electron chi connectivity index (χ4n) is 4.28. The summed E-state index contributed by atoms with van der Waals surface area (Å²) < 4.78 is 5.34. The first-order valence-corrected chi connectivity index (χ1v) is 7.07. The van der Waals surface area contributed by atoms with Gasteiger partial charge in [0.2, 0.25) is 0 Å². The summed E-state index contributed by atoms with van der Waals surface area (Å²) in [4.78, 5) is 0. The molecule has 0 bridgehead atoms. The van der Waals surface area contributed by atoms with Gasteiger partial charge in [0, 0.05) is 12.0 Å². The molecule has 18 heavy (non-hydrogen) atoms. The average Bonchev–Trinajstić information content (AvgIpc) is 2.85. The van der Waals surface area contributed by atoms with Crippen LogP contribution in [0.3, 0.4) is 0 Å². The number of rotatable bonds is 3. The Labute approximate surface area is 110 Å². The van der Waals surface area contributed by atoms with Crippen LogP contribution in [0.4, 0.5) is 0 Å². The molecule has 2 N–H and O–H groups in total. The van der Waals surface area contributed by atoms with Crippen LogP contribution >= 0.6 is 0 Å². The Morgan fingerprint density at radius 1 is 1.22 bits per heavy atom. The summed E-state index contributed by atoms with van der Waals surface area (Å²) in [7, 11) is 1.73. The highest BCUT2D eigenvalue weighted by molar-refractivity contribution is 5.37. The molecular weight excluding hydrogens is 222 g/mol. The van der Waals surface area contributed by atoms with Gasteiger partial charge in [-0.25, -0.2) is 0 Å². The number of methoxy groups -OCH3 is 1. The molecule has 0 atom stereocenters. The van der Waals surface area contributed by atoms with Gasteiger partial charge in [0.25, 0.3) is 0 Å². The van der Waals surface area contributed by atoms with Crippen LogP contribution in [-0.2, 0) is 5.41 Å². The van der Waals surface area contributed by atoms with Crippen molar-refractivity contribution in [1.29, 1.82) is 0 Å². The molecule has 2 saturated carbocycles. The summed E-state index contributed by atoms with van der Waals surface area (Å²) in [5, 5.41) is 0. The van der Waals surface area contributed by atoms with E-state index in [2.05, 4.69) is 18.2 Å². The van der Waals surface area contributed by atoms with Gasteiger partial charge in [-0.2, -0.15) is 0 Å². The second-order valence-electron chi connectivity index (χ2n) is 6.28. The molecule has 0 unspecified atom stereocenters. The van der Waals surface area contributed by atoms with E-state index in [0.717, 1.165) is 12.3 Å². The molecule has 1 aromatic carbocycles. The van der Waals surface area contributed by atoms with Gasteiger partial charge in [-0.05, 0) is 48.8 Å². The Balaban J connectivity index is 1.84. The second-order valence-corrected chi connectivity index (χ2v) is 6.28. The third-order valence-electron chi connectivity index (χ3n) is 5.16. The standard InChI is InChI=1S/C16H23NO/c1-18-14-6-4-5-13(9-14)16(12-17)10-15(11-16)7-2-3-8-15/h4-6,9H,2-3,7-8,10-12,17H2,1H3. The quantitative estimate of drug-likeness (QED) is 0.887. The molecule has 0 saturated heterocycles. The predicted octanol–water partition coefficient (Wildman–Crippen LogP) is 3.25. The molecule has 3 rings (SSSR count). The molecule has 2 heteroatoms. The van der Waals surface area contributed by atoms with E-state index in [-0.39, 0.29) is 5.41 Å². The zero-order chi connectivity index (χ0) is 12.6. The molecule has 2 aliphatic rings. The minimum atomic E-state index is 0.221. The van der Waals surface area contributed by atoms with Crippen LogP contribution in [0.1, 0.15) is 44.1 Å². The Kier molecular flexibility index (Phi) is 2.86. The second kappa shape index (κ2) is 4.27. The van der Waals surface area contributed by atoms with E-state index in [1.54, 1.807) is 7.11 Å². The number of nitrogens with two attached hydrogens (primary N) is 1. The Bertz CT molecular complexity index is 426. The van der Waals surface area contributed by atoms with E-state index < -0.39 is 0 Å². The molecular formula is C16H23NO. The lowest BCUT2D eigenvalue weighted by molar-refractivity contribution is 0.0328. The van der Waals surface area contributed by atoms with E-state index >= 15 is 0 Å². The van der Waals surface area contributed by atoms with Crippen LogP contribution in [0.5, 0.6) is 5.75 Å². The molecule has 0 aromatic heterocycles. The Morgan fingerprint density at radius 2 is 1.94 bits per heavy atom. The van der Waals surface area contributed by atoms with Gasteiger partial charge in [0.1, 0.15) is 5.75 Å². The average molecular weight is 245 g/mol. The molecule has 0 amide bonds. The Morgan fingerprint density at radius 3 is 2.56 bits per heavy atom. The monoisotopic (exact) mass is 245 g/mol. The lowest BCUT2D eigenvalue weighted by Crippen LogP contribution is -2.52. The van der Waals surface area contributed by atoms with Gasteiger partial charge < -0.3 is 10.5 Å². The van der Waals surface area contributed by atoms with Crippen molar-refractivity contribution in [3.63, 3.8) is 0 Å². The molecule has 98 valence electrons. The van der Waals surface area contributed by atoms with Crippen molar-refractivity contribution in [2.75, 3.05) is 13.7 Å². The van der Waals surface area contributed by atoms with Gasteiger partial charge in [0.15, 0.2) is 0 Å². The maximum atomic E-state index is 6.10. The highest BCUT2D eigenvalue weighted by Crippen LogP contribution is 2.62.